The summed E-state index contributed by atoms with van der Waals surface area (Å²) in [5.74, 6) is 1.79. The Hall–Kier alpha value is -2.59. The molecule has 37 heavy (non-hydrogen) atoms. The summed E-state index contributed by atoms with van der Waals surface area (Å²) in [5, 5.41) is 0. The maximum absolute atomic E-state index is 14.0. The molecule has 3 aliphatic rings. The van der Waals surface area contributed by atoms with Crippen molar-refractivity contribution in [2.45, 2.75) is 75.7 Å². The Kier molecular flexibility index (Phi) is 8.34. The summed E-state index contributed by atoms with van der Waals surface area (Å²) in [5.41, 5.74) is 2.04. The highest BCUT2D eigenvalue weighted by Gasteiger charge is 2.43. The zero-order valence-corrected chi connectivity index (χ0v) is 22.8. The van der Waals surface area contributed by atoms with Gasteiger partial charge in [0.15, 0.2) is 0 Å². The van der Waals surface area contributed by atoms with Gasteiger partial charge in [-0.15, -0.1) is 0 Å². The van der Waals surface area contributed by atoms with Gasteiger partial charge >= 0.3 is 0 Å². The number of ketones is 1. The van der Waals surface area contributed by atoms with Gasteiger partial charge < -0.3 is 14.7 Å². The molecule has 0 spiro atoms. The van der Waals surface area contributed by atoms with Gasteiger partial charge in [0, 0.05) is 38.6 Å². The highest BCUT2D eigenvalue weighted by Crippen LogP contribution is 2.40. The first kappa shape index (κ1) is 26.0. The van der Waals surface area contributed by atoms with E-state index >= 15 is 0 Å². The van der Waals surface area contributed by atoms with Gasteiger partial charge in [-0.05, 0) is 68.7 Å². The zero-order valence-electron chi connectivity index (χ0n) is 22.8. The van der Waals surface area contributed by atoms with E-state index in [0.29, 0.717) is 12.2 Å². The van der Waals surface area contributed by atoms with Crippen molar-refractivity contribution in [3.05, 3.63) is 84.2 Å². The van der Waals surface area contributed by atoms with Gasteiger partial charge in [0.05, 0.1) is 11.2 Å². The van der Waals surface area contributed by atoms with Crippen LogP contribution in [0.2, 0.25) is 0 Å². The molecule has 0 saturated carbocycles. The second-order valence-corrected chi connectivity index (χ2v) is 11.6. The third-order valence-electron chi connectivity index (χ3n) is 9.44. The fraction of sp³-hybridized carbons (Fsp3) is 0.545. The van der Waals surface area contributed by atoms with Crippen LogP contribution >= 0.6 is 0 Å². The van der Waals surface area contributed by atoms with Crippen LogP contribution in [-0.2, 0) is 10.2 Å². The van der Waals surface area contributed by atoms with Crippen molar-refractivity contribution in [1.29, 1.82) is 0 Å². The zero-order chi connectivity index (χ0) is 25.7. The number of carbonyl (C=O) groups is 1. The van der Waals surface area contributed by atoms with E-state index in [1.807, 2.05) is 6.07 Å². The summed E-state index contributed by atoms with van der Waals surface area (Å²) < 4.78 is 0. The van der Waals surface area contributed by atoms with E-state index in [1.54, 1.807) is 0 Å². The molecule has 3 fully saturated rings. The number of likely N-dealkylation sites (tertiary alicyclic amines) is 3. The molecule has 0 N–H and O–H groups in total. The summed E-state index contributed by atoms with van der Waals surface area (Å²) in [6, 6.07) is 21.8. The molecule has 4 nitrogen and oxygen atoms in total. The number of hydrogen-bond acceptors (Lipinski definition) is 4. The SMILES string of the molecule is C=C(N1CCC(N2CCCCC2)CC1)N1CCC(C(=O)C[C@@H](C)c2ccccc2)(c2ccccc2)CC1. The third-order valence-corrected chi connectivity index (χ3v) is 9.44. The predicted octanol–water partition coefficient (Wildman–Crippen LogP) is 6.20. The summed E-state index contributed by atoms with van der Waals surface area (Å²) in [6.07, 6.45) is 8.94. The first-order valence-corrected chi connectivity index (χ1v) is 14.6. The minimum atomic E-state index is -0.400. The van der Waals surface area contributed by atoms with Crippen LogP contribution in [0.15, 0.2) is 73.1 Å². The van der Waals surface area contributed by atoms with E-state index in [9.17, 15) is 4.79 Å². The molecule has 2 aromatic rings. The first-order valence-electron chi connectivity index (χ1n) is 14.6. The molecule has 2 aromatic carbocycles. The molecule has 1 atom stereocenters. The van der Waals surface area contributed by atoms with Crippen molar-refractivity contribution in [3.8, 4) is 0 Å². The van der Waals surface area contributed by atoms with Crippen molar-refractivity contribution in [3.63, 3.8) is 0 Å². The number of benzene rings is 2. The molecule has 5 rings (SSSR count). The lowest BCUT2D eigenvalue weighted by Gasteiger charge is -2.47. The quantitative estimate of drug-likeness (QED) is 0.432. The smallest absolute Gasteiger partial charge is 0.144 e. The first-order chi connectivity index (χ1) is 18.1. The molecule has 198 valence electrons. The van der Waals surface area contributed by atoms with Crippen molar-refractivity contribution in [1.82, 2.24) is 14.7 Å². The second-order valence-electron chi connectivity index (χ2n) is 11.6. The molecule has 3 aliphatic heterocycles. The van der Waals surface area contributed by atoms with Crippen molar-refractivity contribution in [2.24, 2.45) is 0 Å². The monoisotopic (exact) mass is 499 g/mol. The van der Waals surface area contributed by atoms with Crippen LogP contribution in [0.3, 0.4) is 0 Å². The molecule has 0 aliphatic carbocycles. The number of Topliss-reactive ketones (excluding diaryl/α,β-unsaturated/α-hetero) is 1. The molecule has 0 aromatic heterocycles. The minimum absolute atomic E-state index is 0.225. The third kappa shape index (κ3) is 5.80. The number of rotatable bonds is 8. The van der Waals surface area contributed by atoms with Crippen LogP contribution in [0, 0.1) is 0 Å². The molecule has 4 heteroatoms. The standard InChI is InChI=1S/C33H45N3O/c1-27(29-12-6-3-7-13-29)26-32(37)33(30-14-8-4-9-15-30)18-24-35(25-19-33)28(2)34-22-16-31(17-23-34)36-20-10-5-11-21-36/h3-4,6-9,12-15,27,31H,2,5,10-11,16-26H2,1H3/t27-/m1/s1. The topological polar surface area (TPSA) is 26.8 Å². The summed E-state index contributed by atoms with van der Waals surface area (Å²) in [4.78, 5) is 21.7. The highest BCUT2D eigenvalue weighted by molar-refractivity contribution is 5.91. The van der Waals surface area contributed by atoms with E-state index < -0.39 is 5.41 Å². The van der Waals surface area contributed by atoms with Gasteiger partial charge in [-0.1, -0.05) is 80.6 Å². The van der Waals surface area contributed by atoms with Crippen LogP contribution < -0.4 is 0 Å². The Labute approximate surface area is 224 Å². The summed E-state index contributed by atoms with van der Waals surface area (Å²) in [7, 11) is 0. The van der Waals surface area contributed by atoms with E-state index in [0.717, 1.165) is 45.1 Å². The van der Waals surface area contributed by atoms with Gasteiger partial charge in [-0.25, -0.2) is 0 Å². The Morgan fingerprint density at radius 1 is 0.838 bits per heavy atom. The molecular weight excluding hydrogens is 454 g/mol. The molecule has 3 heterocycles. The van der Waals surface area contributed by atoms with Gasteiger partial charge in [0.1, 0.15) is 5.78 Å². The number of nitrogens with zero attached hydrogens (tertiary/aromatic N) is 3. The maximum Gasteiger partial charge on any atom is 0.144 e. The van der Waals surface area contributed by atoms with Crippen LogP contribution in [0.4, 0.5) is 0 Å². The maximum atomic E-state index is 14.0. The van der Waals surface area contributed by atoms with Crippen molar-refractivity contribution < 1.29 is 4.79 Å². The van der Waals surface area contributed by atoms with Gasteiger partial charge in [0.2, 0.25) is 0 Å². The van der Waals surface area contributed by atoms with E-state index in [-0.39, 0.29) is 5.92 Å². The molecule has 3 saturated heterocycles. The van der Waals surface area contributed by atoms with Gasteiger partial charge in [-0.3, -0.25) is 4.79 Å². The molecule has 0 amide bonds. The average molecular weight is 500 g/mol. The Balaban J connectivity index is 1.22. The second kappa shape index (κ2) is 11.9. The number of hydrogen-bond donors (Lipinski definition) is 0. The van der Waals surface area contributed by atoms with Gasteiger partial charge in [-0.2, -0.15) is 0 Å². The Morgan fingerprint density at radius 3 is 2.03 bits per heavy atom. The van der Waals surface area contributed by atoms with E-state index in [2.05, 4.69) is 82.8 Å². The van der Waals surface area contributed by atoms with Crippen LogP contribution in [0.1, 0.15) is 75.3 Å². The van der Waals surface area contributed by atoms with Crippen LogP contribution in [0.25, 0.3) is 0 Å². The minimum Gasteiger partial charge on any atom is -0.359 e. The lowest BCUT2D eigenvalue weighted by Crippen LogP contribution is -2.51. The lowest BCUT2D eigenvalue weighted by atomic mass is 9.67. The van der Waals surface area contributed by atoms with Crippen LogP contribution in [0.5, 0.6) is 0 Å². The molecule has 0 bridgehead atoms. The Morgan fingerprint density at radius 2 is 1.41 bits per heavy atom. The van der Waals surface area contributed by atoms with Gasteiger partial charge in [0.25, 0.3) is 0 Å². The normalized spacial score (nSPS) is 22.0. The molecule has 0 radical (unpaired) electrons. The largest absolute Gasteiger partial charge is 0.359 e. The number of carbonyl (C=O) groups excluding carboxylic acids is 1. The fourth-order valence-corrected chi connectivity index (χ4v) is 6.98. The van der Waals surface area contributed by atoms with Crippen molar-refractivity contribution in [2.75, 3.05) is 39.3 Å². The Bertz CT molecular complexity index is 1010. The highest BCUT2D eigenvalue weighted by atomic mass is 16.1. The predicted molar refractivity (Wildman–Crippen MR) is 153 cm³/mol. The average Bonchev–Trinajstić information content (AvgIpc) is 2.98. The summed E-state index contributed by atoms with van der Waals surface area (Å²) >= 11 is 0. The van der Waals surface area contributed by atoms with Crippen LogP contribution in [-0.4, -0.2) is 65.8 Å². The van der Waals surface area contributed by atoms with Crippen molar-refractivity contribution >= 4 is 5.78 Å². The molecule has 0 unspecified atom stereocenters. The summed E-state index contributed by atoms with van der Waals surface area (Å²) in [6.45, 7) is 13.3. The van der Waals surface area contributed by atoms with E-state index in [4.69, 9.17) is 0 Å². The molecular formula is C33H45N3O. The van der Waals surface area contributed by atoms with E-state index in [1.165, 1.54) is 62.1 Å². The fourth-order valence-electron chi connectivity index (χ4n) is 6.98. The lowest BCUT2D eigenvalue weighted by molar-refractivity contribution is -0.126. The number of piperidine rings is 3.